The van der Waals surface area contributed by atoms with E-state index in [1.165, 1.54) is 24.3 Å². The SMILES string of the molecule is C[C@@]1(NC(=O)CN2C(=O)NC(c3ccc(F)cc3)(c3ccc(F)cc3)C2=O)CCS(=O)(=O)C1. The fourth-order valence-corrected chi connectivity index (χ4v) is 6.40. The van der Waals surface area contributed by atoms with E-state index in [9.17, 15) is 31.6 Å². The first kappa shape index (κ1) is 22.8. The molecule has 8 nitrogen and oxygen atoms in total. The number of halogens is 2. The summed E-state index contributed by atoms with van der Waals surface area (Å²) in [6.45, 7) is 0.938. The van der Waals surface area contributed by atoms with Crippen LogP contribution >= 0.6 is 0 Å². The topological polar surface area (TPSA) is 113 Å². The normalized spacial score (nSPS) is 23.4. The van der Waals surface area contributed by atoms with E-state index in [2.05, 4.69) is 10.6 Å². The summed E-state index contributed by atoms with van der Waals surface area (Å²) in [4.78, 5) is 39.7. The van der Waals surface area contributed by atoms with Gasteiger partial charge in [-0.1, -0.05) is 24.3 Å². The highest BCUT2D eigenvalue weighted by Gasteiger charge is 2.54. The number of benzene rings is 2. The number of nitrogens with zero attached hydrogens (tertiary/aromatic N) is 1. The Morgan fingerprint density at radius 1 is 1.03 bits per heavy atom. The monoisotopic (exact) mass is 477 g/mol. The van der Waals surface area contributed by atoms with E-state index in [4.69, 9.17) is 0 Å². The van der Waals surface area contributed by atoms with Crippen LogP contribution in [0.2, 0.25) is 0 Å². The average Bonchev–Trinajstić information content (AvgIpc) is 3.16. The number of imide groups is 1. The summed E-state index contributed by atoms with van der Waals surface area (Å²) < 4.78 is 50.6. The molecule has 33 heavy (non-hydrogen) atoms. The van der Waals surface area contributed by atoms with Gasteiger partial charge in [0, 0.05) is 0 Å². The molecule has 2 saturated heterocycles. The minimum atomic E-state index is -3.28. The lowest BCUT2D eigenvalue weighted by Crippen LogP contribution is -2.51. The van der Waals surface area contributed by atoms with Crippen LogP contribution in [0.4, 0.5) is 13.6 Å². The molecule has 2 fully saturated rings. The fraction of sp³-hybridized carbons (Fsp3) is 0.318. The molecule has 0 spiro atoms. The molecule has 4 amide bonds. The second kappa shape index (κ2) is 7.91. The van der Waals surface area contributed by atoms with Crippen LogP contribution in [0.3, 0.4) is 0 Å². The second-order valence-corrected chi connectivity index (χ2v) is 10.7. The van der Waals surface area contributed by atoms with E-state index in [-0.39, 0.29) is 29.1 Å². The lowest BCUT2D eigenvalue weighted by Gasteiger charge is -2.28. The highest BCUT2D eigenvalue weighted by molar-refractivity contribution is 7.91. The Bertz CT molecular complexity index is 1190. The van der Waals surface area contributed by atoms with Crippen molar-refractivity contribution in [3.63, 3.8) is 0 Å². The number of nitrogens with one attached hydrogen (secondary N) is 2. The summed E-state index contributed by atoms with van der Waals surface area (Å²) in [5, 5.41) is 5.19. The van der Waals surface area contributed by atoms with Crippen molar-refractivity contribution in [3.05, 3.63) is 71.3 Å². The van der Waals surface area contributed by atoms with Crippen LogP contribution in [0.15, 0.2) is 48.5 Å². The van der Waals surface area contributed by atoms with Crippen molar-refractivity contribution in [2.75, 3.05) is 18.1 Å². The smallest absolute Gasteiger partial charge is 0.326 e. The van der Waals surface area contributed by atoms with Gasteiger partial charge < -0.3 is 10.6 Å². The molecule has 2 N–H and O–H groups in total. The zero-order valence-corrected chi connectivity index (χ0v) is 18.4. The maximum atomic E-state index is 13.5. The van der Waals surface area contributed by atoms with Gasteiger partial charge in [0.25, 0.3) is 5.91 Å². The molecule has 2 heterocycles. The van der Waals surface area contributed by atoms with Crippen LogP contribution in [-0.2, 0) is 25.0 Å². The highest BCUT2D eigenvalue weighted by atomic mass is 32.2. The molecule has 2 aromatic rings. The van der Waals surface area contributed by atoms with Gasteiger partial charge in [0.15, 0.2) is 15.4 Å². The molecular formula is C22H21F2N3O5S. The molecule has 2 aliphatic heterocycles. The van der Waals surface area contributed by atoms with Crippen molar-refractivity contribution in [3.8, 4) is 0 Å². The van der Waals surface area contributed by atoms with Gasteiger partial charge in [-0.25, -0.2) is 22.0 Å². The molecule has 4 rings (SSSR count). The first-order valence-corrected chi connectivity index (χ1v) is 11.9. The summed E-state index contributed by atoms with van der Waals surface area (Å²) in [7, 11) is -3.28. The molecule has 0 radical (unpaired) electrons. The third-order valence-electron chi connectivity index (χ3n) is 5.91. The molecular weight excluding hydrogens is 456 g/mol. The van der Waals surface area contributed by atoms with E-state index < -0.39 is 56.9 Å². The first-order chi connectivity index (χ1) is 15.4. The minimum Gasteiger partial charge on any atom is -0.348 e. The number of urea groups is 1. The van der Waals surface area contributed by atoms with Gasteiger partial charge in [0.1, 0.15) is 18.2 Å². The number of carbonyl (C=O) groups is 3. The molecule has 0 unspecified atom stereocenters. The second-order valence-electron chi connectivity index (χ2n) is 8.54. The van der Waals surface area contributed by atoms with Crippen LogP contribution in [0.5, 0.6) is 0 Å². The van der Waals surface area contributed by atoms with E-state index in [0.717, 1.165) is 24.3 Å². The van der Waals surface area contributed by atoms with Crippen molar-refractivity contribution in [2.45, 2.75) is 24.4 Å². The number of sulfone groups is 1. The van der Waals surface area contributed by atoms with E-state index in [0.29, 0.717) is 4.90 Å². The zero-order chi connectivity index (χ0) is 24.0. The van der Waals surface area contributed by atoms with Gasteiger partial charge in [-0.05, 0) is 48.7 Å². The minimum absolute atomic E-state index is 0.0643. The molecule has 11 heteroatoms. The van der Waals surface area contributed by atoms with Crippen molar-refractivity contribution < 1.29 is 31.6 Å². The number of hydrogen-bond donors (Lipinski definition) is 2. The predicted octanol–water partition coefficient (Wildman–Crippen LogP) is 1.45. The number of carbonyl (C=O) groups excluding carboxylic acids is 3. The van der Waals surface area contributed by atoms with E-state index in [1.54, 1.807) is 6.92 Å². The Kier molecular flexibility index (Phi) is 5.47. The Labute approximate surface area is 188 Å². The summed E-state index contributed by atoms with van der Waals surface area (Å²) in [5.74, 6) is -2.91. The Hall–Kier alpha value is -3.34. The molecule has 0 bridgehead atoms. The quantitative estimate of drug-likeness (QED) is 0.633. The van der Waals surface area contributed by atoms with Crippen molar-refractivity contribution in [1.82, 2.24) is 15.5 Å². The van der Waals surface area contributed by atoms with Gasteiger partial charge >= 0.3 is 6.03 Å². The molecule has 2 aromatic carbocycles. The maximum absolute atomic E-state index is 13.5. The Balaban J connectivity index is 1.65. The largest absolute Gasteiger partial charge is 0.348 e. The van der Waals surface area contributed by atoms with Gasteiger partial charge in [-0.3, -0.25) is 14.5 Å². The van der Waals surface area contributed by atoms with Crippen LogP contribution < -0.4 is 10.6 Å². The summed E-state index contributed by atoms with van der Waals surface area (Å²) in [5.41, 5.74) is -2.34. The van der Waals surface area contributed by atoms with E-state index >= 15 is 0 Å². The number of hydrogen-bond acceptors (Lipinski definition) is 5. The van der Waals surface area contributed by atoms with Crippen LogP contribution in [0.1, 0.15) is 24.5 Å². The maximum Gasteiger partial charge on any atom is 0.326 e. The molecule has 0 aliphatic carbocycles. The third-order valence-corrected chi connectivity index (χ3v) is 7.81. The molecule has 2 aliphatic rings. The van der Waals surface area contributed by atoms with Crippen molar-refractivity contribution >= 4 is 27.7 Å². The Morgan fingerprint density at radius 3 is 2.00 bits per heavy atom. The van der Waals surface area contributed by atoms with Crippen LogP contribution in [0, 0.1) is 11.6 Å². The van der Waals surface area contributed by atoms with E-state index in [1.807, 2.05) is 0 Å². The van der Waals surface area contributed by atoms with Gasteiger partial charge in [0.2, 0.25) is 5.91 Å². The standard InChI is InChI=1S/C22H21F2N3O5S/c1-21(10-11-33(31,32)13-21)25-18(28)12-27-19(29)22(26-20(27)30,14-2-6-16(23)7-3-14)15-4-8-17(24)9-5-15/h2-9H,10-13H2,1H3,(H,25,28)(H,26,30)/t21-/m1/s1. The first-order valence-electron chi connectivity index (χ1n) is 10.1. The highest BCUT2D eigenvalue weighted by Crippen LogP contribution is 2.36. The Morgan fingerprint density at radius 2 is 1.55 bits per heavy atom. The summed E-state index contributed by atoms with van der Waals surface area (Å²) >= 11 is 0. The molecule has 0 aromatic heterocycles. The average molecular weight is 477 g/mol. The number of amides is 4. The number of rotatable bonds is 5. The zero-order valence-electron chi connectivity index (χ0n) is 17.6. The van der Waals surface area contributed by atoms with Gasteiger partial charge in [0.05, 0.1) is 17.0 Å². The summed E-state index contributed by atoms with van der Waals surface area (Å²) in [6.07, 6.45) is 0.219. The van der Waals surface area contributed by atoms with Gasteiger partial charge in [-0.15, -0.1) is 0 Å². The van der Waals surface area contributed by atoms with Crippen molar-refractivity contribution in [1.29, 1.82) is 0 Å². The van der Waals surface area contributed by atoms with Crippen LogP contribution in [-0.4, -0.2) is 54.8 Å². The molecule has 1 atom stereocenters. The molecule has 0 saturated carbocycles. The van der Waals surface area contributed by atoms with Crippen LogP contribution in [0.25, 0.3) is 0 Å². The fourth-order valence-electron chi connectivity index (χ4n) is 4.31. The lowest BCUT2D eigenvalue weighted by molar-refractivity contribution is -0.134. The lowest BCUT2D eigenvalue weighted by atomic mass is 9.82. The predicted molar refractivity (Wildman–Crippen MR) is 114 cm³/mol. The summed E-state index contributed by atoms with van der Waals surface area (Å²) in [6, 6.07) is 8.92. The molecule has 174 valence electrons. The third kappa shape index (κ3) is 4.20. The van der Waals surface area contributed by atoms with Crippen molar-refractivity contribution in [2.24, 2.45) is 0 Å². The van der Waals surface area contributed by atoms with Gasteiger partial charge in [-0.2, -0.15) is 0 Å².